The van der Waals surface area contributed by atoms with E-state index in [1.165, 1.54) is 12.1 Å². The van der Waals surface area contributed by atoms with Crippen LogP contribution in [0.1, 0.15) is 83.2 Å². The van der Waals surface area contributed by atoms with Crippen molar-refractivity contribution in [3.8, 4) is 11.5 Å². The maximum absolute atomic E-state index is 13.5. The number of aromatic hydroxyl groups is 2. The first-order chi connectivity index (χ1) is 20.0. The molecule has 0 spiro atoms. The molecule has 1 aliphatic rings. The van der Waals surface area contributed by atoms with E-state index in [2.05, 4.69) is 0 Å². The second-order valence-electron chi connectivity index (χ2n) is 10.4. The molecule has 10 nitrogen and oxygen atoms in total. The van der Waals surface area contributed by atoms with Crippen molar-refractivity contribution in [3.63, 3.8) is 0 Å². The van der Waals surface area contributed by atoms with Gasteiger partial charge in [0.15, 0.2) is 31.2 Å². The van der Waals surface area contributed by atoms with Crippen molar-refractivity contribution in [2.45, 2.75) is 61.2 Å². The average molecular weight is 619 g/mol. The molecule has 0 amide bonds. The minimum absolute atomic E-state index is 0.0140. The van der Waals surface area contributed by atoms with Crippen LogP contribution in [0.3, 0.4) is 0 Å². The molecule has 226 valence electrons. The summed E-state index contributed by atoms with van der Waals surface area (Å²) in [6, 6.07) is 7.82. The highest BCUT2D eigenvalue weighted by atomic mass is 32.2. The third-order valence-electron chi connectivity index (χ3n) is 7.50. The highest BCUT2D eigenvalue weighted by Gasteiger charge is 2.37. The maximum atomic E-state index is 13.5. The second-order valence-corrected chi connectivity index (χ2v) is 14.6. The molecule has 3 aromatic rings. The van der Waals surface area contributed by atoms with Gasteiger partial charge in [-0.15, -0.1) is 0 Å². The lowest BCUT2D eigenvalue weighted by atomic mass is 9.81. The first-order valence-electron chi connectivity index (χ1n) is 13.9. The number of carbonyl (C=O) groups excluding carboxylic acids is 2. The third kappa shape index (κ3) is 6.07. The zero-order chi connectivity index (χ0) is 30.7. The number of phenols is 2. The van der Waals surface area contributed by atoms with Gasteiger partial charge in [0.05, 0.1) is 32.4 Å². The number of sulfone groups is 2. The first kappa shape index (κ1) is 31.6. The molecule has 12 heteroatoms. The van der Waals surface area contributed by atoms with E-state index >= 15 is 0 Å². The number of aliphatic hydroxyl groups excluding tert-OH is 2. The normalized spacial score (nSPS) is 13.4. The molecular formula is C30H34O10S2. The van der Waals surface area contributed by atoms with Gasteiger partial charge in [0.25, 0.3) is 0 Å². The molecule has 4 rings (SSSR count). The van der Waals surface area contributed by atoms with E-state index in [4.69, 9.17) is 10.2 Å². The SMILES string of the molecule is O=C1c2ccccc2C(=O)c2c1c(O)c1cc(S(=O)(=O)CCCCCCO)c(S(=O)(=O)CCCCCCO)cc1c2O. The number of hydrogen-bond donors (Lipinski definition) is 4. The Morgan fingerprint density at radius 1 is 0.548 bits per heavy atom. The minimum atomic E-state index is -4.24. The number of benzene rings is 3. The highest BCUT2D eigenvalue weighted by Crippen LogP contribution is 2.46. The van der Waals surface area contributed by atoms with Crippen LogP contribution < -0.4 is 0 Å². The number of phenolic OH excluding ortho intramolecular Hbond substituents is 2. The van der Waals surface area contributed by atoms with Gasteiger partial charge in [0.1, 0.15) is 11.5 Å². The maximum Gasteiger partial charge on any atom is 0.198 e. The molecule has 0 bridgehead atoms. The summed E-state index contributed by atoms with van der Waals surface area (Å²) >= 11 is 0. The molecule has 0 unspecified atom stereocenters. The van der Waals surface area contributed by atoms with Crippen molar-refractivity contribution in [2.24, 2.45) is 0 Å². The van der Waals surface area contributed by atoms with Crippen LogP contribution in [-0.4, -0.2) is 73.5 Å². The number of hydrogen-bond acceptors (Lipinski definition) is 10. The van der Waals surface area contributed by atoms with Crippen LogP contribution in [0.5, 0.6) is 11.5 Å². The second kappa shape index (κ2) is 12.9. The Bertz CT molecular complexity index is 1610. The van der Waals surface area contributed by atoms with Crippen molar-refractivity contribution in [2.75, 3.05) is 24.7 Å². The molecule has 4 N–H and O–H groups in total. The summed E-state index contributed by atoms with van der Waals surface area (Å²) in [4.78, 5) is 25.5. The average Bonchev–Trinajstić information content (AvgIpc) is 2.96. The summed E-state index contributed by atoms with van der Waals surface area (Å²) in [5.41, 5.74) is -0.925. The van der Waals surface area contributed by atoms with Crippen LogP contribution in [-0.2, 0) is 19.7 Å². The number of aliphatic hydroxyl groups is 2. The van der Waals surface area contributed by atoms with Gasteiger partial charge >= 0.3 is 0 Å². The minimum Gasteiger partial charge on any atom is -0.506 e. The van der Waals surface area contributed by atoms with Crippen LogP contribution in [0.25, 0.3) is 10.8 Å². The Labute approximate surface area is 244 Å². The van der Waals surface area contributed by atoms with E-state index in [0.29, 0.717) is 38.5 Å². The summed E-state index contributed by atoms with van der Waals surface area (Å²) in [5.74, 6) is -3.71. The zero-order valence-corrected chi connectivity index (χ0v) is 24.6. The molecule has 42 heavy (non-hydrogen) atoms. The van der Waals surface area contributed by atoms with Gasteiger partial charge in [0.2, 0.25) is 0 Å². The molecule has 3 aromatic carbocycles. The molecule has 0 aliphatic heterocycles. The zero-order valence-electron chi connectivity index (χ0n) is 23.0. The Morgan fingerprint density at radius 3 is 1.26 bits per heavy atom. The van der Waals surface area contributed by atoms with Gasteiger partial charge in [-0.05, 0) is 37.8 Å². The van der Waals surface area contributed by atoms with Gasteiger partial charge < -0.3 is 20.4 Å². The number of rotatable bonds is 14. The molecule has 0 saturated heterocycles. The van der Waals surface area contributed by atoms with Crippen molar-refractivity contribution in [1.29, 1.82) is 0 Å². The van der Waals surface area contributed by atoms with Crippen molar-refractivity contribution < 1.29 is 46.9 Å². The highest BCUT2D eigenvalue weighted by molar-refractivity contribution is 7.94. The summed E-state index contributed by atoms with van der Waals surface area (Å²) in [5, 5.41) is 39.9. The van der Waals surface area contributed by atoms with Crippen molar-refractivity contribution >= 4 is 42.0 Å². The van der Waals surface area contributed by atoms with Crippen LogP contribution >= 0.6 is 0 Å². The van der Waals surface area contributed by atoms with Crippen molar-refractivity contribution in [3.05, 3.63) is 58.7 Å². The standard InChI is InChI=1S/C30H34O10S2/c31-13-7-1-3-9-15-41(37,38)23-17-21-22(18-24(23)42(39,40)16-10-4-2-8-14-32)30(36)26-25(29(21)35)27(33)19-11-5-6-12-20(19)28(26)34/h5-6,11-12,17-18,31-32,35-36H,1-4,7-10,13-16H2. The van der Waals surface area contributed by atoms with E-state index in [0.717, 1.165) is 12.1 Å². The molecule has 0 fully saturated rings. The van der Waals surface area contributed by atoms with Gasteiger partial charge in [-0.3, -0.25) is 9.59 Å². The molecule has 1 aliphatic carbocycles. The lowest BCUT2D eigenvalue weighted by molar-refractivity contribution is 0.0974. The van der Waals surface area contributed by atoms with E-state index in [1.54, 1.807) is 12.1 Å². The monoisotopic (exact) mass is 618 g/mol. The quantitative estimate of drug-likeness (QED) is 0.120. The largest absolute Gasteiger partial charge is 0.506 e. The summed E-state index contributed by atoms with van der Waals surface area (Å²) < 4.78 is 54.2. The number of carbonyl (C=O) groups is 2. The summed E-state index contributed by atoms with van der Waals surface area (Å²) in [7, 11) is -8.47. The summed E-state index contributed by atoms with van der Waals surface area (Å²) in [6.07, 6.45) is 3.53. The summed E-state index contributed by atoms with van der Waals surface area (Å²) in [6.45, 7) is -0.0617. The fourth-order valence-electron chi connectivity index (χ4n) is 5.27. The van der Waals surface area contributed by atoms with Crippen LogP contribution in [0.2, 0.25) is 0 Å². The Hall–Kier alpha value is -3.32. The first-order valence-corrected chi connectivity index (χ1v) is 17.2. The van der Waals surface area contributed by atoms with Crippen LogP contribution in [0.15, 0.2) is 46.2 Å². The molecule has 0 radical (unpaired) electrons. The van der Waals surface area contributed by atoms with Crippen molar-refractivity contribution in [1.82, 2.24) is 0 Å². The topological polar surface area (TPSA) is 183 Å². The van der Waals surface area contributed by atoms with E-state index < -0.39 is 75.2 Å². The fraction of sp³-hybridized carbons (Fsp3) is 0.400. The number of fused-ring (bicyclic) bond motifs is 3. The van der Waals surface area contributed by atoms with E-state index in [-0.39, 0.29) is 48.0 Å². The Balaban J connectivity index is 1.90. The smallest absolute Gasteiger partial charge is 0.198 e. The van der Waals surface area contributed by atoms with Crippen LogP contribution in [0.4, 0.5) is 0 Å². The molecule has 0 heterocycles. The fourth-order valence-corrected chi connectivity index (χ4v) is 8.97. The molecule has 0 atom stereocenters. The molecular weight excluding hydrogens is 584 g/mol. The lowest BCUT2D eigenvalue weighted by Gasteiger charge is -2.22. The van der Waals surface area contributed by atoms with E-state index in [9.17, 15) is 36.6 Å². The van der Waals surface area contributed by atoms with Gasteiger partial charge in [-0.25, -0.2) is 16.8 Å². The number of ketones is 2. The van der Waals surface area contributed by atoms with Gasteiger partial charge in [0, 0.05) is 35.1 Å². The molecule has 0 saturated carbocycles. The predicted octanol–water partition coefficient (Wildman–Crippen LogP) is 3.68. The van der Waals surface area contributed by atoms with Crippen LogP contribution in [0, 0.1) is 0 Å². The number of unbranched alkanes of at least 4 members (excludes halogenated alkanes) is 6. The predicted molar refractivity (Wildman–Crippen MR) is 156 cm³/mol. The van der Waals surface area contributed by atoms with Gasteiger partial charge in [-0.1, -0.05) is 49.9 Å². The van der Waals surface area contributed by atoms with E-state index in [1.807, 2.05) is 0 Å². The lowest BCUT2D eigenvalue weighted by Crippen LogP contribution is -2.21. The third-order valence-corrected chi connectivity index (χ3v) is 11.3. The molecule has 0 aromatic heterocycles. The Morgan fingerprint density at radius 2 is 0.905 bits per heavy atom. The van der Waals surface area contributed by atoms with Gasteiger partial charge in [-0.2, -0.15) is 0 Å². The Kier molecular flexibility index (Phi) is 9.71.